The summed E-state index contributed by atoms with van der Waals surface area (Å²) in [7, 11) is 1.82. The van der Waals surface area contributed by atoms with Crippen LogP contribution in [-0.4, -0.2) is 9.78 Å². The van der Waals surface area contributed by atoms with Gasteiger partial charge in [-0.1, -0.05) is 65.3 Å². The minimum Gasteiger partial charge on any atom is -0.254 e. The molecule has 7 rings (SSSR count). The maximum Gasteiger partial charge on any atom is 0.435 e. The third kappa shape index (κ3) is 4.73. The van der Waals surface area contributed by atoms with E-state index >= 15 is 4.39 Å². The highest BCUT2D eigenvalue weighted by atomic mass is 19.4. The number of hydrogen-bond donors (Lipinski definition) is 0. The van der Waals surface area contributed by atoms with Crippen LogP contribution in [0.25, 0.3) is 33.4 Å². The van der Waals surface area contributed by atoms with Crippen molar-refractivity contribution in [3.05, 3.63) is 113 Å². The number of pyridine rings is 2. The normalized spacial score (nSPS) is 20.6. The zero-order valence-corrected chi connectivity index (χ0v) is 30.0. The van der Waals surface area contributed by atoms with Crippen LogP contribution in [0.5, 0.6) is 0 Å². The van der Waals surface area contributed by atoms with Crippen LogP contribution >= 0.6 is 0 Å². The molecule has 0 amide bonds. The van der Waals surface area contributed by atoms with Crippen molar-refractivity contribution in [3.63, 3.8) is 0 Å². The molecule has 0 radical (unpaired) electrons. The highest BCUT2D eigenvalue weighted by Gasteiger charge is 2.60. The van der Waals surface area contributed by atoms with Crippen molar-refractivity contribution in [2.75, 3.05) is 0 Å². The monoisotopic (exact) mass is 682 g/mol. The number of benzene rings is 2. The molecule has 0 N–H and O–H groups in total. The average molecular weight is 683 g/mol. The molecule has 2 aliphatic rings. The largest absolute Gasteiger partial charge is 0.435 e. The fraction of sp³-hybridized carbons (Fsp3) is 0.405. The van der Waals surface area contributed by atoms with Gasteiger partial charge in [0, 0.05) is 41.7 Å². The van der Waals surface area contributed by atoms with E-state index in [4.69, 9.17) is 0 Å². The molecule has 2 atom stereocenters. The smallest absolute Gasteiger partial charge is 0.254 e. The summed E-state index contributed by atoms with van der Waals surface area (Å²) >= 11 is 0. The van der Waals surface area contributed by atoms with Crippen molar-refractivity contribution in [2.24, 2.45) is 7.05 Å². The number of unbranched alkanes of at least 4 members (excludes halogenated alkanes) is 1. The third-order valence-corrected chi connectivity index (χ3v) is 12.0. The highest BCUT2D eigenvalue weighted by Crippen LogP contribution is 2.58. The lowest BCUT2D eigenvalue weighted by atomic mass is 9.56. The number of nitrogens with zero attached hydrogens (tertiary/aromatic N) is 4. The van der Waals surface area contributed by atoms with Crippen molar-refractivity contribution in [3.8, 4) is 22.6 Å². The van der Waals surface area contributed by atoms with Gasteiger partial charge >= 0.3 is 6.18 Å². The first-order chi connectivity index (χ1) is 23.7. The average Bonchev–Trinajstić information content (AvgIpc) is 3.52. The van der Waals surface area contributed by atoms with E-state index in [-0.39, 0.29) is 12.4 Å². The lowest BCUT2D eigenvalue weighted by molar-refractivity contribution is -0.755. The second kappa shape index (κ2) is 11.9. The van der Waals surface area contributed by atoms with Crippen molar-refractivity contribution in [1.82, 2.24) is 9.78 Å². The molecule has 4 nitrogen and oxygen atoms in total. The summed E-state index contributed by atoms with van der Waals surface area (Å²) in [6.07, 6.45) is 8.21. The Morgan fingerprint density at radius 2 is 1.68 bits per heavy atom. The van der Waals surface area contributed by atoms with Gasteiger partial charge < -0.3 is 0 Å². The molecule has 4 heterocycles. The standard InChI is InChI=1S/C42H46F4N4/c1-8-11-15-27-17-18-29-35-28(27)21-25-49-38(35)36-30(19-20-31(43)37(36)39(29,4)5)40(6,9-2)41(49,10-3)22-14-24-50-33(26-34(47-50)42(44,45)46)32-16-12-13-23-48(32)7/h12-14,16-23,25-26H,8-11,15,24H2,1-7H3/q+2. The lowest BCUT2D eigenvalue weighted by Gasteiger charge is -2.49. The van der Waals surface area contributed by atoms with E-state index < -0.39 is 28.2 Å². The molecular weight excluding hydrogens is 636 g/mol. The van der Waals surface area contributed by atoms with Crippen LogP contribution in [0, 0.1) is 5.82 Å². The van der Waals surface area contributed by atoms with Gasteiger partial charge in [-0.15, -0.1) is 0 Å². The van der Waals surface area contributed by atoms with Crippen molar-refractivity contribution in [2.45, 2.75) is 103 Å². The van der Waals surface area contributed by atoms with Gasteiger partial charge in [0.25, 0.3) is 0 Å². The molecule has 50 heavy (non-hydrogen) atoms. The van der Waals surface area contributed by atoms with Gasteiger partial charge in [0.1, 0.15) is 18.6 Å². The summed E-state index contributed by atoms with van der Waals surface area (Å²) in [5, 5.41) is 6.45. The Kier molecular flexibility index (Phi) is 8.11. The molecule has 0 fully saturated rings. The van der Waals surface area contributed by atoms with Gasteiger partial charge in [-0.2, -0.15) is 27.4 Å². The van der Waals surface area contributed by atoms with Gasteiger partial charge in [0.05, 0.1) is 22.9 Å². The first-order valence-electron chi connectivity index (χ1n) is 17.9. The van der Waals surface area contributed by atoms with Crippen LogP contribution in [-0.2, 0) is 42.6 Å². The van der Waals surface area contributed by atoms with E-state index in [1.807, 2.05) is 37.5 Å². The second-order valence-electron chi connectivity index (χ2n) is 14.8. The molecule has 1 aliphatic carbocycles. The van der Waals surface area contributed by atoms with Crippen LogP contribution in [0.3, 0.4) is 0 Å². The number of aromatic nitrogens is 4. The molecule has 0 saturated carbocycles. The van der Waals surface area contributed by atoms with E-state index in [9.17, 15) is 13.2 Å². The van der Waals surface area contributed by atoms with Crippen LogP contribution in [0.15, 0.2) is 79.1 Å². The van der Waals surface area contributed by atoms with Crippen LogP contribution < -0.4 is 9.13 Å². The number of halogens is 4. The first-order valence-corrected chi connectivity index (χ1v) is 17.9. The topological polar surface area (TPSA) is 25.6 Å². The Balaban J connectivity index is 1.48. The number of rotatable bonds is 9. The van der Waals surface area contributed by atoms with Crippen LogP contribution in [0.4, 0.5) is 17.6 Å². The van der Waals surface area contributed by atoms with Crippen LogP contribution in [0.2, 0.25) is 0 Å². The van der Waals surface area contributed by atoms with Crippen molar-refractivity contribution in [1.29, 1.82) is 0 Å². The van der Waals surface area contributed by atoms with Gasteiger partial charge in [-0.05, 0) is 66.5 Å². The number of alkyl halides is 3. The molecule has 260 valence electrons. The van der Waals surface area contributed by atoms with Gasteiger partial charge in [-0.3, -0.25) is 4.68 Å². The van der Waals surface area contributed by atoms with E-state index in [0.717, 1.165) is 59.7 Å². The SMILES string of the molecule is CCCCc1ccc2c3c4[n+](ccc13)C(C=CCn1nc(C(F)(F)F)cc1-c1cccc[n+]1C)(CC)C(C)(CC)c1ccc(F)c(c1-4)C2(C)C. The minimum absolute atomic E-state index is 0.145. The minimum atomic E-state index is -4.58. The van der Waals surface area contributed by atoms with E-state index in [1.54, 1.807) is 16.7 Å². The van der Waals surface area contributed by atoms with Gasteiger partial charge in [-0.25, -0.2) is 4.39 Å². The number of aryl methyl sites for hydroxylation is 2. The third-order valence-electron chi connectivity index (χ3n) is 12.0. The Morgan fingerprint density at radius 1 is 0.920 bits per heavy atom. The van der Waals surface area contributed by atoms with E-state index in [2.05, 4.69) is 81.7 Å². The molecule has 3 aromatic heterocycles. The predicted molar refractivity (Wildman–Crippen MR) is 189 cm³/mol. The Morgan fingerprint density at radius 3 is 2.36 bits per heavy atom. The predicted octanol–water partition coefficient (Wildman–Crippen LogP) is 9.67. The summed E-state index contributed by atoms with van der Waals surface area (Å²) in [5.41, 5.74) is 4.76. The zero-order chi connectivity index (χ0) is 35.8. The van der Waals surface area contributed by atoms with Crippen molar-refractivity contribution >= 4 is 10.8 Å². The van der Waals surface area contributed by atoms with Crippen LogP contribution in [0.1, 0.15) is 95.2 Å². The molecule has 0 bridgehead atoms. The molecule has 5 aromatic rings. The molecule has 8 heteroatoms. The summed E-state index contributed by atoms with van der Waals surface area (Å²) in [6.45, 7) is 13.2. The molecule has 2 unspecified atom stereocenters. The zero-order valence-electron chi connectivity index (χ0n) is 30.0. The Bertz CT molecular complexity index is 2180. The molecule has 0 saturated heterocycles. The molecular formula is C42H46F4N4+2. The van der Waals surface area contributed by atoms with Gasteiger partial charge in [0.15, 0.2) is 23.6 Å². The molecule has 0 spiro atoms. The van der Waals surface area contributed by atoms with E-state index in [1.165, 1.54) is 21.0 Å². The second-order valence-corrected chi connectivity index (χ2v) is 14.8. The summed E-state index contributed by atoms with van der Waals surface area (Å²) in [4.78, 5) is 0. The van der Waals surface area contributed by atoms with E-state index in [0.29, 0.717) is 17.8 Å². The fourth-order valence-electron chi connectivity index (χ4n) is 9.14. The highest BCUT2D eigenvalue weighted by molar-refractivity contribution is 6.02. The number of allylic oxidation sites excluding steroid dienone is 2. The Labute approximate surface area is 292 Å². The van der Waals surface area contributed by atoms with Crippen molar-refractivity contribution < 1.29 is 26.7 Å². The Hall–Kier alpha value is -4.33. The number of hydrogen-bond acceptors (Lipinski definition) is 1. The maximum absolute atomic E-state index is 16.2. The summed E-state index contributed by atoms with van der Waals surface area (Å²) in [5.74, 6) is -0.197. The lowest BCUT2D eigenvalue weighted by Crippen LogP contribution is -2.68. The molecule has 1 aliphatic heterocycles. The fourth-order valence-corrected chi connectivity index (χ4v) is 9.14. The summed E-state index contributed by atoms with van der Waals surface area (Å²) in [6, 6.07) is 16.9. The first kappa shape index (κ1) is 34.1. The summed E-state index contributed by atoms with van der Waals surface area (Å²) < 4.78 is 63.8. The quantitative estimate of drug-likeness (QED) is 0.0864. The molecule has 2 aromatic carbocycles. The maximum atomic E-state index is 16.2. The van der Waals surface area contributed by atoms with Gasteiger partial charge in [0.2, 0.25) is 11.4 Å².